The summed E-state index contributed by atoms with van der Waals surface area (Å²) in [6.45, 7) is 0.984. The van der Waals surface area contributed by atoms with Crippen LogP contribution in [-0.2, 0) is 14.2 Å². The van der Waals surface area contributed by atoms with Crippen LogP contribution in [0.15, 0.2) is 51.7 Å². The van der Waals surface area contributed by atoms with Gasteiger partial charge in [-0.25, -0.2) is 0 Å². The fourth-order valence-corrected chi connectivity index (χ4v) is 4.84. The lowest BCUT2D eigenvalue weighted by molar-refractivity contribution is -0.318. The van der Waals surface area contributed by atoms with Crippen LogP contribution in [0.1, 0.15) is 6.92 Å². The van der Waals surface area contributed by atoms with Crippen molar-refractivity contribution in [2.75, 3.05) is 13.7 Å². The van der Waals surface area contributed by atoms with Gasteiger partial charge in [-0.3, -0.25) is 4.79 Å². The van der Waals surface area contributed by atoms with Gasteiger partial charge in [-0.15, -0.1) is 0 Å². The molecule has 0 radical (unpaired) electrons. The summed E-state index contributed by atoms with van der Waals surface area (Å²) in [5, 5.41) is 71.9. The third-order valence-electron chi connectivity index (χ3n) is 7.31. The SMILES string of the molecule is COc1ccc(-c2cc(=O)c3c(O)cc(O[C@@H]4O[C@H](CO[C@H]5O[C@@H](C)[C@H](O)[C@@H](O)[C@H]5O)[C@@H](O)[C@H](O)[C@H]4O)cc3o2)cc1. The van der Waals surface area contributed by atoms with Crippen LogP contribution in [-0.4, -0.2) is 111 Å². The molecule has 7 N–H and O–H groups in total. The third kappa shape index (κ3) is 5.81. The molecular weight excluding hydrogens is 560 g/mol. The molecule has 0 spiro atoms. The highest BCUT2D eigenvalue weighted by Gasteiger charge is 2.47. The zero-order valence-corrected chi connectivity index (χ0v) is 22.5. The van der Waals surface area contributed by atoms with E-state index in [2.05, 4.69) is 0 Å². The summed E-state index contributed by atoms with van der Waals surface area (Å²) in [5.74, 6) is 0.238. The number of aromatic hydroxyl groups is 1. The Kier molecular flexibility index (Phi) is 8.71. The van der Waals surface area contributed by atoms with Gasteiger partial charge >= 0.3 is 0 Å². The van der Waals surface area contributed by atoms with Gasteiger partial charge in [-0.05, 0) is 31.2 Å². The number of aliphatic hydroxyl groups excluding tert-OH is 6. The maximum atomic E-state index is 12.8. The second kappa shape index (κ2) is 12.1. The minimum absolute atomic E-state index is 0.0348. The zero-order chi connectivity index (χ0) is 30.3. The Labute approximate surface area is 238 Å². The lowest BCUT2D eigenvalue weighted by Crippen LogP contribution is -2.61. The molecule has 0 bridgehead atoms. The highest BCUT2D eigenvalue weighted by atomic mass is 16.7. The minimum atomic E-state index is -1.76. The fourth-order valence-electron chi connectivity index (χ4n) is 4.84. The molecule has 10 atom stereocenters. The first-order valence-electron chi connectivity index (χ1n) is 13.1. The van der Waals surface area contributed by atoms with Crippen LogP contribution in [0.25, 0.3) is 22.3 Å². The van der Waals surface area contributed by atoms with E-state index in [0.29, 0.717) is 11.3 Å². The van der Waals surface area contributed by atoms with Crippen LogP contribution in [0, 0.1) is 0 Å². The number of aliphatic hydroxyl groups is 6. The molecule has 5 rings (SSSR count). The maximum Gasteiger partial charge on any atom is 0.229 e. The second-order valence-electron chi connectivity index (χ2n) is 10.2. The van der Waals surface area contributed by atoms with Gasteiger partial charge in [0.15, 0.2) is 11.7 Å². The molecule has 42 heavy (non-hydrogen) atoms. The Hall–Kier alpha value is -3.31. The summed E-state index contributed by atoms with van der Waals surface area (Å²) in [5.41, 5.74) is 0.0115. The maximum absolute atomic E-state index is 12.8. The minimum Gasteiger partial charge on any atom is -0.507 e. The molecule has 2 fully saturated rings. The molecule has 2 saturated heterocycles. The molecule has 3 heterocycles. The average Bonchev–Trinajstić information content (AvgIpc) is 2.97. The molecule has 2 aliphatic rings. The van der Waals surface area contributed by atoms with E-state index < -0.39 is 79.2 Å². The first-order valence-corrected chi connectivity index (χ1v) is 13.1. The second-order valence-corrected chi connectivity index (χ2v) is 10.2. The molecule has 2 aliphatic heterocycles. The summed E-state index contributed by atoms with van der Waals surface area (Å²) in [7, 11) is 1.52. The molecule has 228 valence electrons. The summed E-state index contributed by atoms with van der Waals surface area (Å²) in [6, 6.07) is 10.4. The number of hydrogen-bond donors (Lipinski definition) is 7. The molecule has 1 aromatic heterocycles. The van der Waals surface area contributed by atoms with Gasteiger partial charge < -0.3 is 63.8 Å². The van der Waals surface area contributed by atoms with Crippen molar-refractivity contribution in [2.45, 2.75) is 68.3 Å². The molecule has 3 aromatic rings. The topological polar surface area (TPSA) is 218 Å². The van der Waals surface area contributed by atoms with Crippen molar-refractivity contribution in [1.82, 2.24) is 0 Å². The van der Waals surface area contributed by atoms with Crippen molar-refractivity contribution >= 4 is 11.0 Å². The average molecular weight is 593 g/mol. The van der Waals surface area contributed by atoms with Crippen molar-refractivity contribution in [3.63, 3.8) is 0 Å². The van der Waals surface area contributed by atoms with E-state index in [9.17, 15) is 40.5 Å². The Balaban J connectivity index is 1.35. The van der Waals surface area contributed by atoms with Crippen LogP contribution in [0.4, 0.5) is 0 Å². The van der Waals surface area contributed by atoms with Gasteiger partial charge in [0.2, 0.25) is 6.29 Å². The van der Waals surface area contributed by atoms with Gasteiger partial charge in [0.1, 0.15) is 76.7 Å². The lowest BCUT2D eigenvalue weighted by Gasteiger charge is -2.42. The number of rotatable bonds is 7. The molecule has 14 nitrogen and oxygen atoms in total. The monoisotopic (exact) mass is 592 g/mol. The molecule has 0 amide bonds. The molecule has 0 saturated carbocycles. The number of hydrogen-bond acceptors (Lipinski definition) is 14. The van der Waals surface area contributed by atoms with Gasteiger partial charge in [0.25, 0.3) is 0 Å². The van der Waals surface area contributed by atoms with Crippen LogP contribution < -0.4 is 14.9 Å². The Morgan fingerprint density at radius 3 is 2.14 bits per heavy atom. The lowest BCUT2D eigenvalue weighted by atomic mass is 9.98. The van der Waals surface area contributed by atoms with Gasteiger partial charge in [-0.1, -0.05) is 0 Å². The molecule has 0 aliphatic carbocycles. The number of fused-ring (bicyclic) bond motifs is 1. The normalized spacial score (nSPS) is 33.4. The number of methoxy groups -OCH3 is 1. The predicted octanol–water partition coefficient (Wildman–Crippen LogP) is -0.795. The van der Waals surface area contributed by atoms with E-state index >= 15 is 0 Å². The van der Waals surface area contributed by atoms with E-state index in [1.54, 1.807) is 24.3 Å². The van der Waals surface area contributed by atoms with Crippen molar-refractivity contribution < 1.29 is 63.8 Å². The van der Waals surface area contributed by atoms with Crippen LogP contribution in [0.3, 0.4) is 0 Å². The summed E-state index contributed by atoms with van der Waals surface area (Å²) >= 11 is 0. The van der Waals surface area contributed by atoms with Crippen molar-refractivity contribution in [3.05, 3.63) is 52.7 Å². The third-order valence-corrected chi connectivity index (χ3v) is 7.31. The van der Waals surface area contributed by atoms with Gasteiger partial charge in [-0.2, -0.15) is 0 Å². The Morgan fingerprint density at radius 1 is 0.786 bits per heavy atom. The first-order chi connectivity index (χ1) is 20.0. The van der Waals surface area contributed by atoms with Crippen LogP contribution in [0.2, 0.25) is 0 Å². The van der Waals surface area contributed by atoms with E-state index in [1.807, 2.05) is 0 Å². The Morgan fingerprint density at radius 2 is 1.45 bits per heavy atom. The molecule has 2 aromatic carbocycles. The Bertz CT molecular complexity index is 1440. The van der Waals surface area contributed by atoms with Gasteiger partial charge in [0.05, 0.1) is 19.8 Å². The van der Waals surface area contributed by atoms with E-state index in [4.69, 9.17) is 28.1 Å². The number of phenols is 1. The van der Waals surface area contributed by atoms with Crippen molar-refractivity contribution in [3.8, 4) is 28.6 Å². The van der Waals surface area contributed by atoms with E-state index in [1.165, 1.54) is 26.2 Å². The smallest absolute Gasteiger partial charge is 0.229 e. The highest BCUT2D eigenvalue weighted by Crippen LogP contribution is 2.34. The summed E-state index contributed by atoms with van der Waals surface area (Å²) in [6.07, 6.45) is -14.8. The zero-order valence-electron chi connectivity index (χ0n) is 22.5. The molecule has 14 heteroatoms. The summed E-state index contributed by atoms with van der Waals surface area (Å²) in [4.78, 5) is 12.8. The number of benzene rings is 2. The van der Waals surface area contributed by atoms with E-state index in [-0.39, 0.29) is 22.5 Å². The molecular formula is C28H32O14. The first kappa shape index (κ1) is 30.2. The van der Waals surface area contributed by atoms with Gasteiger partial charge in [0, 0.05) is 23.8 Å². The summed E-state index contributed by atoms with van der Waals surface area (Å²) < 4.78 is 33.2. The fraction of sp³-hybridized carbons (Fsp3) is 0.464. The predicted molar refractivity (Wildman–Crippen MR) is 142 cm³/mol. The van der Waals surface area contributed by atoms with Crippen LogP contribution >= 0.6 is 0 Å². The van der Waals surface area contributed by atoms with Crippen molar-refractivity contribution in [1.29, 1.82) is 0 Å². The quantitative estimate of drug-likeness (QED) is 0.179. The number of ether oxygens (including phenoxy) is 5. The van der Waals surface area contributed by atoms with Crippen LogP contribution in [0.5, 0.6) is 17.2 Å². The highest BCUT2D eigenvalue weighted by molar-refractivity contribution is 5.86. The van der Waals surface area contributed by atoms with Crippen molar-refractivity contribution in [2.24, 2.45) is 0 Å². The molecule has 0 unspecified atom stereocenters. The largest absolute Gasteiger partial charge is 0.507 e. The standard InChI is InChI=1S/C28H32O14/c1-11-21(31)23(33)25(35)27(39-11)38-10-19-22(32)24(34)26(36)28(42-19)40-14-7-15(29)20-16(30)9-17(41-18(20)8-14)12-3-5-13(37-2)6-4-12/h3-9,11,19,21-29,31-36H,10H2,1-2H3/t11-,19+,21-,22+,23+,24-,25+,26+,27-,28+/m0/s1. The van der Waals surface area contributed by atoms with E-state index in [0.717, 1.165) is 6.07 Å². The number of phenolic OH excluding ortho intramolecular Hbond substituents is 1.